The molecule has 0 saturated heterocycles. The number of amides is 2. The summed E-state index contributed by atoms with van der Waals surface area (Å²) in [6.45, 7) is 7.83. The normalized spacial score (nSPS) is 12.1. The Balaban J connectivity index is 3.51. The van der Waals surface area contributed by atoms with Gasteiger partial charge in [0.15, 0.2) is 0 Å². The number of hydrogen-bond acceptors (Lipinski definition) is 2. The summed E-state index contributed by atoms with van der Waals surface area (Å²) in [5.41, 5.74) is 0. The number of hydrogen-bond donors (Lipinski definition) is 2. The second-order valence-electron chi connectivity index (χ2n) is 12.7. The Kier molecular flexibility index (Phi) is 33.7. The lowest BCUT2D eigenvalue weighted by molar-refractivity contribution is -0.121. The topological polar surface area (TPSA) is 58.2 Å². The maximum absolute atomic E-state index is 12.2. The molecule has 0 atom stereocenters. The van der Waals surface area contributed by atoms with Crippen LogP contribution < -0.4 is 10.6 Å². The highest BCUT2D eigenvalue weighted by Crippen LogP contribution is 2.10. The smallest absolute Gasteiger partial charge is 0.220 e. The molecule has 0 heterocycles. The van der Waals surface area contributed by atoms with Crippen molar-refractivity contribution in [2.75, 3.05) is 13.1 Å². The van der Waals surface area contributed by atoms with E-state index in [1.807, 2.05) is 0 Å². The summed E-state index contributed by atoms with van der Waals surface area (Å²) in [6, 6.07) is 0. The first-order chi connectivity index (χ1) is 21.6. The standard InChI is InChI=1S/C40H72N2O2/c1-4-6-8-10-12-14-16-18-20-22-24-26-28-30-32-34-39(43)41-36-38(3)37-42-40(44)35-33-31-29-27-25-23-21-19-17-15-13-11-9-7-5-2/h12-15,18-21,38H,4-11,16-17,22-37H2,1-3H3,(H,41,43)(H,42,44)/b14-12-,15-13-,20-18-,21-19-. The van der Waals surface area contributed by atoms with Crippen LogP contribution in [-0.2, 0) is 9.59 Å². The molecule has 0 unspecified atom stereocenters. The van der Waals surface area contributed by atoms with Crippen LogP contribution in [0.1, 0.15) is 175 Å². The van der Waals surface area contributed by atoms with E-state index in [1.54, 1.807) is 0 Å². The van der Waals surface area contributed by atoms with Crippen molar-refractivity contribution in [1.82, 2.24) is 10.6 Å². The van der Waals surface area contributed by atoms with Crippen molar-refractivity contribution in [2.45, 2.75) is 175 Å². The van der Waals surface area contributed by atoms with E-state index in [9.17, 15) is 9.59 Å². The molecule has 254 valence electrons. The molecule has 0 aromatic heterocycles. The minimum Gasteiger partial charge on any atom is -0.356 e. The van der Waals surface area contributed by atoms with Crippen molar-refractivity contribution in [1.29, 1.82) is 0 Å². The molecular weight excluding hydrogens is 540 g/mol. The van der Waals surface area contributed by atoms with E-state index < -0.39 is 0 Å². The Morgan fingerprint density at radius 2 is 0.773 bits per heavy atom. The fourth-order valence-electron chi connectivity index (χ4n) is 5.02. The molecule has 0 aromatic rings. The maximum Gasteiger partial charge on any atom is 0.220 e. The molecule has 0 aromatic carbocycles. The van der Waals surface area contributed by atoms with Gasteiger partial charge >= 0.3 is 0 Å². The van der Waals surface area contributed by atoms with Crippen LogP contribution >= 0.6 is 0 Å². The first-order valence-electron chi connectivity index (χ1n) is 18.7. The average molecular weight is 613 g/mol. The van der Waals surface area contributed by atoms with E-state index >= 15 is 0 Å². The van der Waals surface area contributed by atoms with Crippen LogP contribution in [0.2, 0.25) is 0 Å². The second-order valence-corrected chi connectivity index (χ2v) is 12.7. The molecule has 4 heteroatoms. The van der Waals surface area contributed by atoms with Crippen LogP contribution in [0.4, 0.5) is 0 Å². The molecule has 0 rings (SSSR count). The number of rotatable bonds is 32. The zero-order valence-electron chi connectivity index (χ0n) is 29.4. The van der Waals surface area contributed by atoms with Crippen LogP contribution in [-0.4, -0.2) is 24.9 Å². The van der Waals surface area contributed by atoms with Gasteiger partial charge < -0.3 is 10.6 Å². The predicted octanol–water partition coefficient (Wildman–Crippen LogP) is 11.5. The monoisotopic (exact) mass is 613 g/mol. The van der Waals surface area contributed by atoms with Gasteiger partial charge in [0.1, 0.15) is 0 Å². The van der Waals surface area contributed by atoms with E-state index in [1.165, 1.54) is 89.9 Å². The highest BCUT2D eigenvalue weighted by atomic mass is 16.2. The Morgan fingerprint density at radius 3 is 1.14 bits per heavy atom. The SMILES string of the molecule is CCCCC/C=C\C/C=C\CCCCCCCC(=O)NCC(C)CNC(=O)CCCCCCC/C=C\C/C=C\CCCCC. The van der Waals surface area contributed by atoms with Crippen LogP contribution in [0.5, 0.6) is 0 Å². The van der Waals surface area contributed by atoms with Gasteiger partial charge in [-0.2, -0.15) is 0 Å². The molecular formula is C40H72N2O2. The van der Waals surface area contributed by atoms with Gasteiger partial charge in [0, 0.05) is 25.9 Å². The summed E-state index contributed by atoms with van der Waals surface area (Å²) >= 11 is 0. The molecule has 0 spiro atoms. The number of carbonyl (C=O) groups excluding carboxylic acids is 2. The number of unbranched alkanes of at least 4 members (excludes halogenated alkanes) is 16. The maximum atomic E-state index is 12.2. The van der Waals surface area contributed by atoms with Gasteiger partial charge in [-0.1, -0.05) is 134 Å². The van der Waals surface area contributed by atoms with Crippen molar-refractivity contribution < 1.29 is 9.59 Å². The van der Waals surface area contributed by atoms with Gasteiger partial charge in [0.2, 0.25) is 11.8 Å². The minimum atomic E-state index is 0.138. The van der Waals surface area contributed by atoms with Gasteiger partial charge in [-0.25, -0.2) is 0 Å². The summed E-state index contributed by atoms with van der Waals surface area (Å²) in [5.74, 6) is 0.523. The summed E-state index contributed by atoms with van der Waals surface area (Å²) in [4.78, 5) is 24.3. The summed E-state index contributed by atoms with van der Waals surface area (Å²) in [7, 11) is 0. The van der Waals surface area contributed by atoms with E-state index in [-0.39, 0.29) is 17.7 Å². The number of carbonyl (C=O) groups is 2. The summed E-state index contributed by atoms with van der Waals surface area (Å²) in [5, 5.41) is 6.09. The van der Waals surface area contributed by atoms with Crippen molar-refractivity contribution in [3.05, 3.63) is 48.6 Å². The zero-order chi connectivity index (χ0) is 32.2. The van der Waals surface area contributed by atoms with E-state index in [4.69, 9.17) is 0 Å². The largest absolute Gasteiger partial charge is 0.356 e. The Labute approximate surface area is 274 Å². The molecule has 0 aliphatic heterocycles. The second kappa shape index (κ2) is 35.4. The van der Waals surface area contributed by atoms with Gasteiger partial charge in [-0.15, -0.1) is 0 Å². The predicted molar refractivity (Wildman–Crippen MR) is 194 cm³/mol. The third kappa shape index (κ3) is 34.4. The third-order valence-electron chi connectivity index (χ3n) is 8.00. The fraction of sp³-hybridized carbons (Fsp3) is 0.750. The Morgan fingerprint density at radius 1 is 0.455 bits per heavy atom. The molecule has 0 fully saturated rings. The van der Waals surface area contributed by atoms with E-state index in [0.717, 1.165) is 51.4 Å². The number of allylic oxidation sites excluding steroid dienone is 8. The minimum absolute atomic E-state index is 0.138. The van der Waals surface area contributed by atoms with Crippen LogP contribution in [0.3, 0.4) is 0 Å². The molecule has 44 heavy (non-hydrogen) atoms. The third-order valence-corrected chi connectivity index (χ3v) is 8.00. The molecule has 4 nitrogen and oxygen atoms in total. The van der Waals surface area contributed by atoms with Gasteiger partial charge in [-0.3, -0.25) is 9.59 Å². The lowest BCUT2D eigenvalue weighted by Gasteiger charge is -2.14. The molecule has 2 N–H and O–H groups in total. The lowest BCUT2D eigenvalue weighted by atomic mass is 10.1. The summed E-state index contributed by atoms with van der Waals surface area (Å²) < 4.78 is 0. The van der Waals surface area contributed by atoms with E-state index in [2.05, 4.69) is 80.0 Å². The molecule has 0 radical (unpaired) electrons. The van der Waals surface area contributed by atoms with Gasteiger partial charge in [-0.05, 0) is 83.0 Å². The zero-order valence-corrected chi connectivity index (χ0v) is 29.4. The van der Waals surface area contributed by atoms with Gasteiger partial charge in [0.25, 0.3) is 0 Å². The average Bonchev–Trinajstić information content (AvgIpc) is 3.02. The molecule has 0 aliphatic carbocycles. The van der Waals surface area contributed by atoms with Crippen LogP contribution in [0, 0.1) is 5.92 Å². The number of nitrogens with one attached hydrogen (secondary N) is 2. The Bertz CT molecular complexity index is 690. The molecule has 2 amide bonds. The molecule has 0 aliphatic rings. The first kappa shape index (κ1) is 41.9. The first-order valence-corrected chi connectivity index (χ1v) is 18.7. The van der Waals surface area contributed by atoms with E-state index in [0.29, 0.717) is 25.9 Å². The van der Waals surface area contributed by atoms with Crippen molar-refractivity contribution >= 4 is 11.8 Å². The van der Waals surface area contributed by atoms with Crippen molar-refractivity contribution in [3.8, 4) is 0 Å². The lowest BCUT2D eigenvalue weighted by Crippen LogP contribution is -2.35. The Hall–Kier alpha value is -2.10. The van der Waals surface area contributed by atoms with Gasteiger partial charge in [0.05, 0.1) is 0 Å². The van der Waals surface area contributed by atoms with Crippen LogP contribution in [0.25, 0.3) is 0 Å². The van der Waals surface area contributed by atoms with Crippen molar-refractivity contribution in [2.24, 2.45) is 5.92 Å². The highest BCUT2D eigenvalue weighted by molar-refractivity contribution is 5.76. The molecule has 0 bridgehead atoms. The van der Waals surface area contributed by atoms with Crippen LogP contribution in [0.15, 0.2) is 48.6 Å². The summed E-state index contributed by atoms with van der Waals surface area (Å²) in [6.07, 6.45) is 45.9. The fourth-order valence-corrected chi connectivity index (χ4v) is 5.02. The highest BCUT2D eigenvalue weighted by Gasteiger charge is 2.08. The van der Waals surface area contributed by atoms with Crippen molar-refractivity contribution in [3.63, 3.8) is 0 Å². The molecule has 0 saturated carbocycles. The quantitative estimate of drug-likeness (QED) is 0.0586.